The van der Waals surface area contributed by atoms with Crippen molar-refractivity contribution in [3.8, 4) is 0 Å². The lowest BCUT2D eigenvalue weighted by Gasteiger charge is -2.54. The number of carbonyl (C=O) groups is 4. The largest absolute Gasteiger partial charge is 0.458 e. The number of hydrogen-bond acceptors (Lipinski definition) is 6. The zero-order valence-electron chi connectivity index (χ0n) is 18.7. The summed E-state index contributed by atoms with van der Waals surface area (Å²) in [6, 6.07) is 0. The highest BCUT2D eigenvalue weighted by molar-refractivity contribution is 6.01. The van der Waals surface area contributed by atoms with Crippen LogP contribution in [0.1, 0.15) is 59.8 Å². The number of esters is 2. The maximum absolute atomic E-state index is 13.3. The smallest absolute Gasteiger partial charge is 0.303 e. The molecule has 0 radical (unpaired) electrons. The van der Waals surface area contributed by atoms with Gasteiger partial charge in [-0.1, -0.05) is 30.2 Å². The minimum Gasteiger partial charge on any atom is -0.458 e. The van der Waals surface area contributed by atoms with Gasteiger partial charge in [0.05, 0.1) is 0 Å². The Kier molecular flexibility index (Phi) is 5.10. The van der Waals surface area contributed by atoms with Gasteiger partial charge >= 0.3 is 11.9 Å². The van der Waals surface area contributed by atoms with Gasteiger partial charge in [0.15, 0.2) is 18.0 Å². The molecule has 5 atom stereocenters. The molecule has 0 aromatic heterocycles. The predicted molar refractivity (Wildman–Crippen MR) is 113 cm³/mol. The number of ketones is 2. The SMILES string of the molecule is CC(=O)OCC(=O)[C@]1(OC(C)=O)CC[C@H]2[C@@H]3CCC4=CC(=O)C=C[C@@]4(C)C3=CC[C@@]21C. The van der Waals surface area contributed by atoms with Crippen LogP contribution >= 0.6 is 0 Å². The molecule has 31 heavy (non-hydrogen) atoms. The van der Waals surface area contributed by atoms with Crippen LogP contribution in [-0.4, -0.2) is 35.7 Å². The Morgan fingerprint density at radius 3 is 2.55 bits per heavy atom. The summed E-state index contributed by atoms with van der Waals surface area (Å²) in [5.41, 5.74) is 0.322. The number of ether oxygens (including phenoxy) is 2. The minimum absolute atomic E-state index is 0.0398. The molecule has 0 spiro atoms. The molecule has 0 saturated heterocycles. The van der Waals surface area contributed by atoms with Crippen molar-refractivity contribution >= 4 is 23.5 Å². The molecule has 166 valence electrons. The Bertz CT molecular complexity index is 955. The molecule has 0 heterocycles. The van der Waals surface area contributed by atoms with E-state index in [4.69, 9.17) is 9.47 Å². The number of Topliss-reactive ketones (excluding diaryl/α,β-unsaturated/α-hetero) is 1. The number of rotatable bonds is 4. The lowest BCUT2D eigenvalue weighted by Crippen LogP contribution is -2.57. The van der Waals surface area contributed by atoms with Crippen LogP contribution in [0, 0.1) is 22.7 Å². The van der Waals surface area contributed by atoms with E-state index in [1.807, 2.05) is 13.0 Å². The van der Waals surface area contributed by atoms with Gasteiger partial charge in [-0.3, -0.25) is 19.2 Å². The average molecular weight is 427 g/mol. The Labute approximate surface area is 182 Å². The second kappa shape index (κ2) is 7.28. The van der Waals surface area contributed by atoms with Crippen molar-refractivity contribution in [2.24, 2.45) is 22.7 Å². The maximum Gasteiger partial charge on any atom is 0.303 e. The molecular weight excluding hydrogens is 396 g/mol. The van der Waals surface area contributed by atoms with E-state index in [-0.39, 0.29) is 35.4 Å². The lowest BCUT2D eigenvalue weighted by molar-refractivity contribution is -0.184. The topological polar surface area (TPSA) is 86.7 Å². The Morgan fingerprint density at radius 1 is 1.13 bits per heavy atom. The van der Waals surface area contributed by atoms with E-state index in [9.17, 15) is 19.2 Å². The van der Waals surface area contributed by atoms with Crippen molar-refractivity contribution in [2.45, 2.75) is 65.4 Å². The van der Waals surface area contributed by atoms with Gasteiger partial charge in [-0.25, -0.2) is 0 Å². The zero-order chi connectivity index (χ0) is 22.6. The highest BCUT2D eigenvalue weighted by Gasteiger charge is 2.67. The Balaban J connectivity index is 1.74. The minimum atomic E-state index is -1.30. The lowest BCUT2D eigenvalue weighted by atomic mass is 9.51. The highest BCUT2D eigenvalue weighted by atomic mass is 16.6. The molecule has 0 aliphatic heterocycles. The Morgan fingerprint density at radius 2 is 1.87 bits per heavy atom. The van der Waals surface area contributed by atoms with E-state index >= 15 is 0 Å². The van der Waals surface area contributed by atoms with Gasteiger partial charge in [0.1, 0.15) is 0 Å². The molecule has 0 N–H and O–H groups in total. The monoisotopic (exact) mass is 426 g/mol. The molecule has 0 unspecified atom stereocenters. The van der Waals surface area contributed by atoms with E-state index in [1.54, 1.807) is 12.2 Å². The molecule has 4 aliphatic carbocycles. The summed E-state index contributed by atoms with van der Waals surface area (Å²) in [6.07, 6.45) is 11.2. The van der Waals surface area contributed by atoms with Gasteiger partial charge in [0.25, 0.3) is 0 Å². The fraction of sp³-hybridized carbons (Fsp3) is 0.600. The van der Waals surface area contributed by atoms with Crippen molar-refractivity contribution in [1.29, 1.82) is 0 Å². The van der Waals surface area contributed by atoms with E-state index < -0.39 is 23.0 Å². The number of fused-ring (bicyclic) bond motifs is 5. The first kappa shape index (κ1) is 21.7. The molecular formula is C25H30O6. The predicted octanol–water partition coefficient (Wildman–Crippen LogP) is 3.65. The van der Waals surface area contributed by atoms with E-state index in [0.29, 0.717) is 12.8 Å². The first-order valence-corrected chi connectivity index (χ1v) is 11.0. The van der Waals surface area contributed by atoms with Crippen LogP contribution in [0.4, 0.5) is 0 Å². The summed E-state index contributed by atoms with van der Waals surface area (Å²) in [4.78, 5) is 48.6. The van der Waals surface area contributed by atoms with E-state index in [2.05, 4.69) is 13.0 Å². The molecule has 0 bridgehead atoms. The fourth-order valence-corrected chi connectivity index (χ4v) is 6.73. The van der Waals surface area contributed by atoms with Crippen molar-refractivity contribution in [3.63, 3.8) is 0 Å². The van der Waals surface area contributed by atoms with Crippen molar-refractivity contribution in [3.05, 3.63) is 35.5 Å². The normalized spacial score (nSPS) is 38.3. The van der Waals surface area contributed by atoms with Crippen LogP contribution in [0.2, 0.25) is 0 Å². The van der Waals surface area contributed by atoms with Gasteiger partial charge in [-0.15, -0.1) is 0 Å². The second-order valence-corrected chi connectivity index (χ2v) is 9.80. The molecule has 6 heteroatoms. The third kappa shape index (κ3) is 3.14. The molecule has 4 rings (SSSR count). The third-order valence-corrected chi connectivity index (χ3v) is 8.24. The molecule has 0 aromatic carbocycles. The quantitative estimate of drug-likeness (QED) is 0.504. The molecule has 2 fully saturated rings. The molecule has 6 nitrogen and oxygen atoms in total. The molecule has 2 saturated carbocycles. The van der Waals surface area contributed by atoms with Gasteiger partial charge < -0.3 is 9.47 Å². The number of carbonyl (C=O) groups excluding carboxylic acids is 4. The zero-order valence-corrected chi connectivity index (χ0v) is 18.7. The van der Waals surface area contributed by atoms with Crippen LogP contribution in [-0.2, 0) is 28.7 Å². The van der Waals surface area contributed by atoms with Crippen LogP contribution in [0.5, 0.6) is 0 Å². The van der Waals surface area contributed by atoms with Crippen molar-refractivity contribution in [1.82, 2.24) is 0 Å². The molecule has 0 aromatic rings. The van der Waals surface area contributed by atoms with Crippen molar-refractivity contribution in [2.75, 3.05) is 6.61 Å². The summed E-state index contributed by atoms with van der Waals surface area (Å²) in [6.45, 7) is 6.41. The van der Waals surface area contributed by atoms with Crippen LogP contribution in [0.25, 0.3) is 0 Å². The van der Waals surface area contributed by atoms with Gasteiger partial charge in [0, 0.05) is 24.7 Å². The van der Waals surface area contributed by atoms with E-state index in [0.717, 1.165) is 24.8 Å². The van der Waals surface area contributed by atoms with Crippen LogP contribution < -0.4 is 0 Å². The summed E-state index contributed by atoms with van der Waals surface area (Å²) < 4.78 is 10.8. The van der Waals surface area contributed by atoms with Gasteiger partial charge in [0.2, 0.25) is 5.78 Å². The second-order valence-electron chi connectivity index (χ2n) is 9.80. The third-order valence-electron chi connectivity index (χ3n) is 8.24. The van der Waals surface area contributed by atoms with Crippen molar-refractivity contribution < 1.29 is 28.7 Å². The summed E-state index contributed by atoms with van der Waals surface area (Å²) >= 11 is 0. The number of allylic oxidation sites excluding steroid dienone is 6. The standard InChI is InChI=1S/C25H30O6/c1-15(26)30-14-22(29)25(31-16(2)27)12-9-21-19-6-5-17-13-18(28)7-10-23(17,3)20(19)8-11-24(21,25)4/h7-8,10,13,19,21H,5-6,9,11-12,14H2,1-4H3/t19-,21+,23-,24+,25-/m1/s1. The Hall–Kier alpha value is -2.50. The maximum atomic E-state index is 13.3. The highest BCUT2D eigenvalue weighted by Crippen LogP contribution is 2.66. The van der Waals surface area contributed by atoms with Gasteiger partial charge in [-0.05, 0) is 63.0 Å². The first-order chi connectivity index (χ1) is 14.5. The average Bonchev–Trinajstić information content (AvgIpc) is 2.99. The first-order valence-electron chi connectivity index (χ1n) is 11.0. The van der Waals surface area contributed by atoms with E-state index in [1.165, 1.54) is 19.4 Å². The van der Waals surface area contributed by atoms with Crippen LogP contribution in [0.3, 0.4) is 0 Å². The number of hydrogen-bond donors (Lipinski definition) is 0. The fourth-order valence-electron chi connectivity index (χ4n) is 6.73. The van der Waals surface area contributed by atoms with Gasteiger partial charge in [-0.2, -0.15) is 0 Å². The summed E-state index contributed by atoms with van der Waals surface area (Å²) in [5, 5.41) is 0. The summed E-state index contributed by atoms with van der Waals surface area (Å²) in [5.74, 6) is -0.920. The molecule has 0 amide bonds. The summed E-state index contributed by atoms with van der Waals surface area (Å²) in [7, 11) is 0. The molecule has 4 aliphatic rings. The van der Waals surface area contributed by atoms with Crippen LogP contribution in [0.15, 0.2) is 35.5 Å².